The average Bonchev–Trinajstić information content (AvgIpc) is 3.29. The predicted molar refractivity (Wildman–Crippen MR) is 175 cm³/mol. The lowest BCUT2D eigenvalue weighted by Gasteiger charge is -2.27. The first kappa shape index (κ1) is 36.0. The van der Waals surface area contributed by atoms with Gasteiger partial charge in [-0.15, -0.1) is 0 Å². The number of nitriles is 1. The highest BCUT2D eigenvalue weighted by molar-refractivity contribution is 7.22. The highest BCUT2D eigenvalue weighted by Gasteiger charge is 2.35. The van der Waals surface area contributed by atoms with Crippen molar-refractivity contribution >= 4 is 44.9 Å². The molecule has 0 fully saturated rings. The number of aromatic nitrogens is 2. The lowest BCUT2D eigenvalue weighted by Crippen LogP contribution is -2.56. The van der Waals surface area contributed by atoms with Crippen LogP contribution in [0.4, 0.5) is 9.39 Å². The Morgan fingerprint density at radius 2 is 1.91 bits per heavy atom. The van der Waals surface area contributed by atoms with Gasteiger partial charge in [-0.1, -0.05) is 24.3 Å². The van der Waals surface area contributed by atoms with Gasteiger partial charge in [0.15, 0.2) is 0 Å². The zero-order valence-corrected chi connectivity index (χ0v) is 27.4. The second-order valence-corrected chi connectivity index (χ2v) is 12.7. The zero-order valence-electron chi connectivity index (χ0n) is 26.5. The highest BCUT2D eigenvalue weighted by Crippen LogP contribution is 2.33. The monoisotopic (exact) mass is 627 g/mol. The number of fused-ring (bicyclic) bond motifs is 1. The van der Waals surface area contributed by atoms with Crippen molar-refractivity contribution in [2.24, 2.45) is 10.5 Å². The van der Waals surface area contributed by atoms with E-state index in [1.54, 1.807) is 54.5 Å². The van der Waals surface area contributed by atoms with Gasteiger partial charge >= 0.3 is 5.69 Å². The summed E-state index contributed by atoms with van der Waals surface area (Å²) in [7, 11) is 0. The summed E-state index contributed by atoms with van der Waals surface area (Å²) < 4.78 is 16.5. The molecule has 13 heteroatoms. The lowest BCUT2D eigenvalue weighted by molar-refractivity contribution is -0.129. The summed E-state index contributed by atoms with van der Waals surface area (Å²) in [6, 6.07) is 6.38. The molecule has 0 spiro atoms. The molecule has 0 saturated carbocycles. The van der Waals surface area contributed by atoms with E-state index in [-0.39, 0.29) is 25.0 Å². The zero-order chi connectivity index (χ0) is 33.4. The van der Waals surface area contributed by atoms with Crippen LogP contribution in [0.15, 0.2) is 32.9 Å². The van der Waals surface area contributed by atoms with Crippen molar-refractivity contribution in [3.63, 3.8) is 0 Å². The Morgan fingerprint density at radius 3 is 2.43 bits per heavy atom. The van der Waals surface area contributed by atoms with Crippen molar-refractivity contribution < 1.29 is 14.3 Å². The largest absolute Gasteiger partial charge is 0.395 e. The number of anilines is 1. The molecule has 0 radical (unpaired) electrons. The van der Waals surface area contributed by atoms with Crippen molar-refractivity contribution in [1.82, 2.24) is 14.5 Å². The maximum absolute atomic E-state index is 14.0. The van der Waals surface area contributed by atoms with Gasteiger partial charge in [0.25, 0.3) is 5.56 Å². The van der Waals surface area contributed by atoms with E-state index in [9.17, 15) is 18.8 Å². The average molecular weight is 628 g/mol. The van der Waals surface area contributed by atoms with Crippen LogP contribution in [0.25, 0.3) is 10.2 Å². The van der Waals surface area contributed by atoms with Crippen molar-refractivity contribution in [3.05, 3.63) is 61.5 Å². The maximum atomic E-state index is 14.0. The number of rotatable bonds is 11. The number of hydrogen-bond donors (Lipinski definition) is 4. The number of aryl methyl sites for hydroxylation is 4. The fourth-order valence-corrected chi connectivity index (χ4v) is 5.43. The minimum atomic E-state index is -1.47. The number of aliphatic hydroxyl groups excluding tert-OH is 1. The smallest absolute Gasteiger partial charge is 0.333 e. The Bertz CT molecular complexity index is 1690. The summed E-state index contributed by atoms with van der Waals surface area (Å²) >= 11 is 1.19. The van der Waals surface area contributed by atoms with E-state index in [2.05, 4.69) is 15.8 Å². The molecule has 44 heavy (non-hydrogen) atoms. The van der Waals surface area contributed by atoms with E-state index in [0.717, 1.165) is 21.9 Å². The van der Waals surface area contributed by atoms with Crippen molar-refractivity contribution in [2.75, 3.05) is 12.0 Å². The van der Waals surface area contributed by atoms with Crippen molar-refractivity contribution in [2.45, 2.75) is 86.4 Å². The summed E-state index contributed by atoms with van der Waals surface area (Å²) in [4.78, 5) is 41.1. The van der Waals surface area contributed by atoms with Gasteiger partial charge in [0.1, 0.15) is 21.2 Å². The number of aliphatic hydroxyl groups is 1. The Morgan fingerprint density at radius 1 is 1.25 bits per heavy atom. The van der Waals surface area contributed by atoms with E-state index >= 15 is 0 Å². The van der Waals surface area contributed by atoms with E-state index in [1.165, 1.54) is 34.3 Å². The predicted octanol–water partition coefficient (Wildman–Crippen LogP) is 4.31. The van der Waals surface area contributed by atoms with Gasteiger partial charge in [0.05, 0.1) is 29.7 Å². The van der Waals surface area contributed by atoms with Gasteiger partial charge in [-0.05, 0) is 84.6 Å². The van der Waals surface area contributed by atoms with Crippen molar-refractivity contribution in [1.29, 1.82) is 10.7 Å². The molecule has 0 bridgehead atoms. The maximum Gasteiger partial charge on any atom is 0.333 e. The number of carbonyl (C=O) groups is 1. The fraction of sp³-hybridized carbons (Fsp3) is 0.484. The third kappa shape index (κ3) is 8.27. The van der Waals surface area contributed by atoms with E-state index < -0.39 is 28.1 Å². The van der Waals surface area contributed by atoms with Crippen molar-refractivity contribution in [3.8, 4) is 6.07 Å². The van der Waals surface area contributed by atoms with E-state index in [1.807, 2.05) is 13.0 Å². The van der Waals surface area contributed by atoms with Gasteiger partial charge < -0.3 is 15.8 Å². The SMILES string of the molecule is CC(C)(C#N)CO.CCc1ccc(F)cc1CCn1c(=O)n(C(C)(C)C(=O)NC(C)C)c(=O)c2c(C)c(N/N=C\C=N)sc21. The molecule has 2 aromatic heterocycles. The molecule has 0 aliphatic heterocycles. The fourth-order valence-electron chi connectivity index (χ4n) is 4.26. The number of carbonyl (C=O) groups excluding carboxylic acids is 1. The number of hydrazone groups is 1. The summed E-state index contributed by atoms with van der Waals surface area (Å²) in [6.07, 6.45) is 3.33. The van der Waals surface area contributed by atoms with Crippen LogP contribution in [0, 0.1) is 34.9 Å². The number of nitrogens with zero attached hydrogens (tertiary/aromatic N) is 4. The molecule has 0 aliphatic carbocycles. The number of benzene rings is 1. The van der Waals surface area contributed by atoms with Crippen LogP contribution in [0.3, 0.4) is 0 Å². The Hall–Kier alpha value is -4.15. The molecule has 0 aliphatic rings. The first-order valence-corrected chi connectivity index (χ1v) is 15.1. The summed E-state index contributed by atoms with van der Waals surface area (Å²) in [5, 5.41) is 31.3. The van der Waals surface area contributed by atoms with Crippen LogP contribution >= 0.6 is 11.3 Å². The number of halogens is 1. The molecule has 1 aromatic carbocycles. The number of amides is 1. The van der Waals surface area contributed by atoms with Crippen LogP contribution in [0.1, 0.15) is 65.2 Å². The summed E-state index contributed by atoms with van der Waals surface area (Å²) in [6.45, 7) is 13.9. The van der Waals surface area contributed by atoms with Gasteiger partial charge in [-0.25, -0.2) is 13.8 Å². The summed E-state index contributed by atoms with van der Waals surface area (Å²) in [5.41, 5.74) is 1.94. The van der Waals surface area contributed by atoms with Gasteiger partial charge in [-0.2, -0.15) is 10.4 Å². The number of hydrogen-bond acceptors (Lipinski definition) is 9. The molecular formula is C31H42FN7O4S. The molecule has 1 amide bonds. The second kappa shape index (κ2) is 15.0. The second-order valence-electron chi connectivity index (χ2n) is 11.7. The molecule has 3 rings (SSSR count). The molecule has 0 atom stereocenters. The van der Waals surface area contributed by atoms with Crippen LogP contribution in [-0.2, 0) is 29.7 Å². The molecule has 3 aromatic rings. The highest BCUT2D eigenvalue weighted by atomic mass is 32.1. The van der Waals surface area contributed by atoms with Crippen LogP contribution in [-0.4, -0.2) is 45.2 Å². The van der Waals surface area contributed by atoms with Crippen LogP contribution in [0.5, 0.6) is 0 Å². The Labute approximate surface area is 260 Å². The van der Waals surface area contributed by atoms with Crippen LogP contribution in [0.2, 0.25) is 0 Å². The molecular weight excluding hydrogens is 585 g/mol. The number of thiophene rings is 1. The van der Waals surface area contributed by atoms with E-state index in [4.69, 9.17) is 15.8 Å². The topological polar surface area (TPSA) is 165 Å². The molecule has 2 heterocycles. The molecule has 238 valence electrons. The number of nitrogens with one attached hydrogen (secondary N) is 3. The Kier molecular flexibility index (Phi) is 12.3. The van der Waals surface area contributed by atoms with Gasteiger partial charge in [-0.3, -0.25) is 19.6 Å². The minimum absolute atomic E-state index is 0.0660. The first-order chi connectivity index (χ1) is 20.6. The molecule has 0 unspecified atom stereocenters. The van der Waals surface area contributed by atoms with Gasteiger partial charge in [0.2, 0.25) is 5.91 Å². The third-order valence-electron chi connectivity index (χ3n) is 6.91. The van der Waals surface area contributed by atoms with E-state index in [0.29, 0.717) is 33.6 Å². The third-order valence-corrected chi connectivity index (χ3v) is 8.13. The van der Waals surface area contributed by atoms with Crippen LogP contribution < -0.4 is 22.0 Å². The Balaban J connectivity index is 0.000000860. The molecule has 4 N–H and O–H groups in total. The molecule has 0 saturated heterocycles. The standard InChI is InChI=1S/C26H33FN6O3S.C5H9NO/c1-7-17-8-9-19(27)14-18(17)10-13-32-23-20(16(4)21(37-23)31-29-12-11-28)22(34)33(25(32)36)26(5,6)24(35)30-15(2)3;1-5(2,3-6)4-7/h8-9,11-12,14-15,28,31H,7,10,13H2,1-6H3,(H,30,35);7H,4H2,1-2H3/b28-11?,29-12-;. The quantitative estimate of drug-likeness (QED) is 0.183. The normalized spacial score (nSPS) is 11.8. The molecule has 11 nitrogen and oxygen atoms in total. The summed E-state index contributed by atoms with van der Waals surface area (Å²) in [5.74, 6) is -0.809. The lowest BCUT2D eigenvalue weighted by atomic mass is 9.98. The first-order valence-electron chi connectivity index (χ1n) is 14.2. The minimum Gasteiger partial charge on any atom is -0.395 e. The van der Waals surface area contributed by atoms with Gasteiger partial charge in [0, 0.05) is 24.4 Å².